The van der Waals surface area contributed by atoms with Gasteiger partial charge in [0, 0.05) is 11.9 Å². The van der Waals surface area contributed by atoms with Crippen LogP contribution >= 0.6 is 11.6 Å². The van der Waals surface area contributed by atoms with E-state index in [9.17, 15) is 4.79 Å². The predicted octanol–water partition coefficient (Wildman–Crippen LogP) is 1.38. The highest BCUT2D eigenvalue weighted by atomic mass is 35.5. The SMILES string of the molecule is CC(=O)NC(CO)Cc1ccc(Cl)cc1. The minimum Gasteiger partial charge on any atom is -0.394 e. The summed E-state index contributed by atoms with van der Waals surface area (Å²) in [5.41, 5.74) is 1.03. The van der Waals surface area contributed by atoms with Crippen molar-refractivity contribution in [3.05, 3.63) is 34.9 Å². The summed E-state index contributed by atoms with van der Waals surface area (Å²) in [5, 5.41) is 12.4. The summed E-state index contributed by atoms with van der Waals surface area (Å²) in [6.45, 7) is 1.37. The Morgan fingerprint density at radius 2 is 2.07 bits per heavy atom. The molecule has 1 aromatic rings. The van der Waals surface area contributed by atoms with Crippen molar-refractivity contribution in [2.24, 2.45) is 0 Å². The van der Waals surface area contributed by atoms with Crippen LogP contribution < -0.4 is 5.32 Å². The van der Waals surface area contributed by atoms with Gasteiger partial charge in [-0.05, 0) is 24.1 Å². The number of benzene rings is 1. The van der Waals surface area contributed by atoms with E-state index in [0.717, 1.165) is 5.56 Å². The molecule has 15 heavy (non-hydrogen) atoms. The number of rotatable bonds is 4. The molecule has 0 heterocycles. The van der Waals surface area contributed by atoms with Crippen LogP contribution in [0.25, 0.3) is 0 Å². The fourth-order valence-electron chi connectivity index (χ4n) is 1.35. The summed E-state index contributed by atoms with van der Waals surface area (Å²) >= 11 is 5.75. The summed E-state index contributed by atoms with van der Waals surface area (Å²) in [6.07, 6.45) is 0.604. The van der Waals surface area contributed by atoms with Gasteiger partial charge in [0.05, 0.1) is 12.6 Å². The van der Waals surface area contributed by atoms with Crippen LogP contribution in [0, 0.1) is 0 Å². The number of amides is 1. The Bertz CT molecular complexity index is 324. The van der Waals surface area contributed by atoms with E-state index in [-0.39, 0.29) is 18.6 Å². The van der Waals surface area contributed by atoms with E-state index in [1.807, 2.05) is 12.1 Å². The molecule has 0 saturated heterocycles. The van der Waals surface area contributed by atoms with Gasteiger partial charge in [-0.3, -0.25) is 4.79 Å². The lowest BCUT2D eigenvalue weighted by Crippen LogP contribution is -2.37. The Morgan fingerprint density at radius 1 is 1.47 bits per heavy atom. The first-order valence-corrected chi connectivity index (χ1v) is 5.12. The zero-order chi connectivity index (χ0) is 11.3. The van der Waals surface area contributed by atoms with Crippen LogP contribution in [0.15, 0.2) is 24.3 Å². The molecule has 0 aliphatic rings. The highest BCUT2D eigenvalue weighted by Crippen LogP contribution is 2.10. The van der Waals surface area contributed by atoms with Crippen molar-refractivity contribution in [1.82, 2.24) is 5.32 Å². The normalized spacial score (nSPS) is 12.2. The van der Waals surface area contributed by atoms with Crippen LogP contribution in [0.5, 0.6) is 0 Å². The van der Waals surface area contributed by atoms with Gasteiger partial charge in [0.1, 0.15) is 0 Å². The topological polar surface area (TPSA) is 49.3 Å². The molecule has 1 atom stereocenters. The lowest BCUT2D eigenvalue weighted by molar-refractivity contribution is -0.119. The van der Waals surface area contributed by atoms with Gasteiger partial charge in [-0.15, -0.1) is 0 Å². The second-order valence-electron chi connectivity index (χ2n) is 3.41. The summed E-state index contributed by atoms with van der Waals surface area (Å²) in [6, 6.07) is 7.11. The molecule has 0 radical (unpaired) electrons. The molecule has 0 aromatic heterocycles. The molecule has 2 N–H and O–H groups in total. The van der Waals surface area contributed by atoms with Crippen LogP contribution in [0.4, 0.5) is 0 Å². The summed E-state index contributed by atoms with van der Waals surface area (Å²) in [4.78, 5) is 10.8. The Kier molecular flexibility index (Phi) is 4.59. The van der Waals surface area contributed by atoms with Crippen molar-refractivity contribution in [3.63, 3.8) is 0 Å². The molecule has 0 aliphatic carbocycles. The van der Waals surface area contributed by atoms with Crippen LogP contribution in [0.2, 0.25) is 5.02 Å². The average molecular weight is 228 g/mol. The molecule has 1 aromatic carbocycles. The molecular formula is C11H14ClNO2. The van der Waals surface area contributed by atoms with E-state index >= 15 is 0 Å². The van der Waals surface area contributed by atoms with Crippen molar-refractivity contribution in [1.29, 1.82) is 0 Å². The number of carbonyl (C=O) groups excluding carboxylic acids is 1. The third kappa shape index (κ3) is 4.32. The lowest BCUT2D eigenvalue weighted by Gasteiger charge is -2.14. The Labute approximate surface area is 94.1 Å². The average Bonchev–Trinajstić information content (AvgIpc) is 2.19. The number of hydrogen-bond acceptors (Lipinski definition) is 2. The maximum Gasteiger partial charge on any atom is 0.217 e. The Morgan fingerprint density at radius 3 is 2.53 bits per heavy atom. The van der Waals surface area contributed by atoms with E-state index in [0.29, 0.717) is 11.4 Å². The van der Waals surface area contributed by atoms with Gasteiger partial charge < -0.3 is 10.4 Å². The zero-order valence-corrected chi connectivity index (χ0v) is 9.29. The van der Waals surface area contributed by atoms with Gasteiger partial charge in [-0.2, -0.15) is 0 Å². The first-order chi connectivity index (χ1) is 7.11. The molecule has 0 spiro atoms. The predicted molar refractivity (Wildman–Crippen MR) is 59.8 cm³/mol. The molecule has 1 rings (SSSR count). The fraction of sp³-hybridized carbons (Fsp3) is 0.364. The minimum atomic E-state index is -0.233. The highest BCUT2D eigenvalue weighted by Gasteiger charge is 2.09. The maximum absolute atomic E-state index is 10.8. The van der Waals surface area contributed by atoms with Gasteiger partial charge in [-0.25, -0.2) is 0 Å². The largest absolute Gasteiger partial charge is 0.394 e. The minimum absolute atomic E-state index is 0.0673. The standard InChI is InChI=1S/C11H14ClNO2/c1-8(15)13-11(7-14)6-9-2-4-10(12)5-3-9/h2-5,11,14H,6-7H2,1H3,(H,13,15). The number of halogens is 1. The number of nitrogens with one attached hydrogen (secondary N) is 1. The maximum atomic E-state index is 10.8. The zero-order valence-electron chi connectivity index (χ0n) is 8.53. The second-order valence-corrected chi connectivity index (χ2v) is 3.85. The van der Waals surface area contributed by atoms with E-state index in [4.69, 9.17) is 16.7 Å². The van der Waals surface area contributed by atoms with Gasteiger partial charge in [0.15, 0.2) is 0 Å². The van der Waals surface area contributed by atoms with Gasteiger partial charge in [0.25, 0.3) is 0 Å². The monoisotopic (exact) mass is 227 g/mol. The second kappa shape index (κ2) is 5.73. The van der Waals surface area contributed by atoms with Crippen molar-refractivity contribution in [2.45, 2.75) is 19.4 Å². The van der Waals surface area contributed by atoms with Gasteiger partial charge >= 0.3 is 0 Å². The molecule has 3 nitrogen and oxygen atoms in total. The van der Waals surface area contributed by atoms with Crippen molar-refractivity contribution in [3.8, 4) is 0 Å². The molecular weight excluding hydrogens is 214 g/mol. The number of hydrogen-bond donors (Lipinski definition) is 2. The molecule has 0 bridgehead atoms. The van der Waals surface area contributed by atoms with Crippen LogP contribution in [-0.4, -0.2) is 23.7 Å². The van der Waals surface area contributed by atoms with Crippen molar-refractivity contribution in [2.75, 3.05) is 6.61 Å². The quantitative estimate of drug-likeness (QED) is 0.817. The van der Waals surface area contributed by atoms with Crippen LogP contribution in [-0.2, 0) is 11.2 Å². The first kappa shape index (κ1) is 12.0. The lowest BCUT2D eigenvalue weighted by atomic mass is 10.1. The molecule has 0 saturated carbocycles. The van der Waals surface area contributed by atoms with Crippen LogP contribution in [0.3, 0.4) is 0 Å². The molecule has 1 amide bonds. The van der Waals surface area contributed by atoms with E-state index < -0.39 is 0 Å². The van der Waals surface area contributed by atoms with E-state index in [1.54, 1.807) is 12.1 Å². The summed E-state index contributed by atoms with van der Waals surface area (Å²) in [7, 11) is 0. The summed E-state index contributed by atoms with van der Waals surface area (Å²) < 4.78 is 0. The fourth-order valence-corrected chi connectivity index (χ4v) is 1.48. The molecule has 82 valence electrons. The third-order valence-electron chi connectivity index (χ3n) is 2.02. The van der Waals surface area contributed by atoms with Crippen molar-refractivity contribution >= 4 is 17.5 Å². The van der Waals surface area contributed by atoms with Gasteiger partial charge in [-0.1, -0.05) is 23.7 Å². The van der Waals surface area contributed by atoms with E-state index in [1.165, 1.54) is 6.92 Å². The molecule has 4 heteroatoms. The molecule has 0 aliphatic heterocycles. The number of aliphatic hydroxyl groups is 1. The van der Waals surface area contributed by atoms with Gasteiger partial charge in [0.2, 0.25) is 5.91 Å². The summed E-state index contributed by atoms with van der Waals surface area (Å²) in [5.74, 6) is -0.136. The first-order valence-electron chi connectivity index (χ1n) is 4.74. The Hall–Kier alpha value is -1.06. The third-order valence-corrected chi connectivity index (χ3v) is 2.28. The molecule has 1 unspecified atom stereocenters. The number of aliphatic hydroxyl groups excluding tert-OH is 1. The highest BCUT2D eigenvalue weighted by molar-refractivity contribution is 6.30. The van der Waals surface area contributed by atoms with Crippen LogP contribution in [0.1, 0.15) is 12.5 Å². The number of carbonyl (C=O) groups is 1. The molecule has 0 fully saturated rings. The van der Waals surface area contributed by atoms with E-state index in [2.05, 4.69) is 5.32 Å². The Balaban J connectivity index is 2.58. The smallest absolute Gasteiger partial charge is 0.217 e. The van der Waals surface area contributed by atoms with Crippen molar-refractivity contribution < 1.29 is 9.90 Å².